The summed E-state index contributed by atoms with van der Waals surface area (Å²) in [5.41, 5.74) is 3.76. The van der Waals surface area contributed by atoms with Crippen LogP contribution < -0.4 is 15.1 Å². The van der Waals surface area contributed by atoms with Crippen LogP contribution in [0.25, 0.3) is 0 Å². The Morgan fingerprint density at radius 2 is 1.89 bits per heavy atom. The molecular formula is C28H32ClN5O2S. The maximum atomic E-state index is 12.6. The molecule has 1 aromatic heterocycles. The molecule has 0 radical (unpaired) electrons. The predicted molar refractivity (Wildman–Crippen MR) is 150 cm³/mol. The van der Waals surface area contributed by atoms with Crippen LogP contribution in [0.3, 0.4) is 0 Å². The summed E-state index contributed by atoms with van der Waals surface area (Å²) in [6.07, 6.45) is 2.20. The van der Waals surface area contributed by atoms with Gasteiger partial charge in [-0.25, -0.2) is 9.97 Å². The van der Waals surface area contributed by atoms with Crippen molar-refractivity contribution in [2.24, 2.45) is 0 Å². The van der Waals surface area contributed by atoms with Crippen molar-refractivity contribution in [3.05, 3.63) is 76.4 Å². The molecule has 0 saturated carbocycles. The summed E-state index contributed by atoms with van der Waals surface area (Å²) >= 11 is 7.99. The molecule has 0 bridgehead atoms. The molecule has 7 nitrogen and oxygen atoms in total. The summed E-state index contributed by atoms with van der Waals surface area (Å²) in [4.78, 5) is 26.8. The van der Waals surface area contributed by atoms with Gasteiger partial charge >= 0.3 is 0 Å². The van der Waals surface area contributed by atoms with Gasteiger partial charge in [-0.05, 0) is 49.6 Å². The monoisotopic (exact) mass is 537 g/mol. The fourth-order valence-electron chi connectivity index (χ4n) is 4.70. The largest absolute Gasteiger partial charge is 0.376 e. The van der Waals surface area contributed by atoms with Crippen molar-refractivity contribution < 1.29 is 9.53 Å². The highest BCUT2D eigenvalue weighted by atomic mass is 35.5. The summed E-state index contributed by atoms with van der Waals surface area (Å²) in [5.74, 6) is 1.58. The number of piperazine rings is 1. The molecule has 1 atom stereocenters. The van der Waals surface area contributed by atoms with Gasteiger partial charge in [-0.1, -0.05) is 47.6 Å². The second-order valence-corrected chi connectivity index (χ2v) is 10.8. The number of thioether (sulfide) groups is 1. The van der Waals surface area contributed by atoms with Crippen LogP contribution >= 0.6 is 23.4 Å². The third-order valence-corrected chi connectivity index (χ3v) is 7.93. The zero-order chi connectivity index (χ0) is 25.6. The average molecular weight is 538 g/mol. The van der Waals surface area contributed by atoms with Gasteiger partial charge in [-0.2, -0.15) is 0 Å². The van der Waals surface area contributed by atoms with Crippen LogP contribution in [0.5, 0.6) is 0 Å². The van der Waals surface area contributed by atoms with Gasteiger partial charge in [0, 0.05) is 62.4 Å². The number of halogens is 1. The molecule has 3 heterocycles. The molecule has 37 heavy (non-hydrogen) atoms. The van der Waals surface area contributed by atoms with Gasteiger partial charge in [0.15, 0.2) is 5.16 Å². The molecule has 2 fully saturated rings. The highest BCUT2D eigenvalue weighted by Crippen LogP contribution is 2.28. The smallest absolute Gasteiger partial charge is 0.251 e. The lowest BCUT2D eigenvalue weighted by atomic mass is 10.1. The van der Waals surface area contributed by atoms with E-state index in [2.05, 4.69) is 26.2 Å². The molecule has 2 saturated heterocycles. The lowest BCUT2D eigenvalue weighted by molar-refractivity contribution is 0.0857. The van der Waals surface area contributed by atoms with Crippen molar-refractivity contribution in [1.82, 2.24) is 15.3 Å². The Hall–Kier alpha value is -2.81. The van der Waals surface area contributed by atoms with E-state index in [-0.39, 0.29) is 12.0 Å². The second-order valence-electron chi connectivity index (χ2n) is 9.41. The zero-order valence-corrected chi connectivity index (χ0v) is 22.6. The Labute approximate surface area is 227 Å². The number of amides is 1. The number of carbonyl (C=O) groups excluding carboxylic acids is 1. The van der Waals surface area contributed by atoms with Crippen molar-refractivity contribution in [3.8, 4) is 0 Å². The topological polar surface area (TPSA) is 70.6 Å². The molecule has 2 aliphatic rings. The number of anilines is 2. The van der Waals surface area contributed by atoms with Crippen molar-refractivity contribution in [2.75, 3.05) is 49.1 Å². The van der Waals surface area contributed by atoms with Gasteiger partial charge in [-0.3, -0.25) is 4.79 Å². The van der Waals surface area contributed by atoms with E-state index in [0.717, 1.165) is 78.6 Å². The molecule has 0 unspecified atom stereocenters. The van der Waals surface area contributed by atoms with E-state index >= 15 is 0 Å². The van der Waals surface area contributed by atoms with Crippen LogP contribution in [0.2, 0.25) is 5.02 Å². The molecule has 3 aromatic rings. The Morgan fingerprint density at radius 3 is 2.68 bits per heavy atom. The zero-order valence-electron chi connectivity index (χ0n) is 21.0. The highest BCUT2D eigenvalue weighted by Gasteiger charge is 2.21. The third kappa shape index (κ3) is 6.74. The number of hydrogen-bond acceptors (Lipinski definition) is 7. The van der Waals surface area contributed by atoms with Gasteiger partial charge in [-0.15, -0.1) is 0 Å². The number of hydrogen-bond donors (Lipinski definition) is 1. The van der Waals surface area contributed by atoms with E-state index < -0.39 is 0 Å². The van der Waals surface area contributed by atoms with Crippen LogP contribution in [0.1, 0.15) is 34.5 Å². The number of benzene rings is 2. The Kier molecular flexibility index (Phi) is 8.48. The molecule has 2 aliphatic heterocycles. The molecule has 2 aromatic carbocycles. The first kappa shape index (κ1) is 25.8. The molecule has 5 rings (SSSR count). The van der Waals surface area contributed by atoms with E-state index in [1.807, 2.05) is 55.5 Å². The SMILES string of the molecule is Cc1cc(N2CCN(c3ccccc3Cl)CC2)nc(SCc2cccc(C(=O)NC[C@H]3CCCO3)c2)n1. The van der Waals surface area contributed by atoms with E-state index in [1.165, 1.54) is 0 Å². The van der Waals surface area contributed by atoms with Crippen molar-refractivity contribution in [3.63, 3.8) is 0 Å². The van der Waals surface area contributed by atoms with E-state index in [1.54, 1.807) is 11.8 Å². The van der Waals surface area contributed by atoms with Gasteiger partial charge in [0.1, 0.15) is 5.82 Å². The van der Waals surface area contributed by atoms with Gasteiger partial charge in [0.2, 0.25) is 0 Å². The van der Waals surface area contributed by atoms with Crippen molar-refractivity contribution in [2.45, 2.75) is 36.8 Å². The minimum absolute atomic E-state index is 0.0626. The summed E-state index contributed by atoms with van der Waals surface area (Å²) in [6.45, 7) is 6.87. The fraction of sp³-hybridized carbons (Fsp3) is 0.393. The Balaban J connectivity index is 1.18. The molecule has 0 spiro atoms. The van der Waals surface area contributed by atoms with Crippen molar-refractivity contribution in [1.29, 1.82) is 0 Å². The Morgan fingerprint density at radius 1 is 1.08 bits per heavy atom. The van der Waals surface area contributed by atoms with E-state index in [4.69, 9.17) is 21.3 Å². The molecule has 1 amide bonds. The van der Waals surface area contributed by atoms with Crippen LogP contribution in [0.15, 0.2) is 59.8 Å². The summed E-state index contributed by atoms with van der Waals surface area (Å²) in [5, 5.41) is 4.53. The second kappa shape index (κ2) is 12.2. The van der Waals surface area contributed by atoms with E-state index in [9.17, 15) is 4.79 Å². The number of nitrogens with zero attached hydrogens (tertiary/aromatic N) is 4. The number of nitrogens with one attached hydrogen (secondary N) is 1. The molecule has 9 heteroatoms. The maximum absolute atomic E-state index is 12.6. The summed E-state index contributed by atoms with van der Waals surface area (Å²) < 4.78 is 5.60. The standard InChI is InChI=1S/C28H32ClN5O2S/c1-20-16-26(34-13-11-33(12-14-34)25-10-3-2-9-24(25)29)32-28(31-20)37-19-21-6-4-7-22(17-21)27(35)30-18-23-8-5-15-36-23/h2-4,6-7,9-10,16-17,23H,5,8,11-15,18-19H2,1H3,(H,30,35)/t23-/m1/s1. The van der Waals surface area contributed by atoms with Crippen molar-refractivity contribution >= 4 is 40.8 Å². The first-order valence-electron chi connectivity index (χ1n) is 12.8. The lowest BCUT2D eigenvalue weighted by Gasteiger charge is -2.37. The van der Waals surface area contributed by atoms with Crippen LogP contribution in [-0.2, 0) is 10.5 Å². The van der Waals surface area contributed by atoms with Crippen LogP contribution in [-0.4, -0.2) is 61.3 Å². The number of aryl methyl sites for hydroxylation is 1. The maximum Gasteiger partial charge on any atom is 0.251 e. The number of aromatic nitrogens is 2. The minimum Gasteiger partial charge on any atom is -0.376 e. The number of ether oxygens (including phenoxy) is 1. The number of carbonyl (C=O) groups is 1. The molecule has 0 aliphatic carbocycles. The molecular weight excluding hydrogens is 506 g/mol. The van der Waals surface area contributed by atoms with E-state index in [0.29, 0.717) is 17.9 Å². The summed E-state index contributed by atoms with van der Waals surface area (Å²) in [6, 6.07) is 17.8. The molecule has 1 N–H and O–H groups in total. The average Bonchev–Trinajstić information content (AvgIpc) is 3.45. The first-order valence-corrected chi connectivity index (χ1v) is 14.1. The first-order chi connectivity index (χ1) is 18.0. The quantitative estimate of drug-likeness (QED) is 0.321. The Bertz CT molecular complexity index is 1230. The minimum atomic E-state index is -0.0626. The highest BCUT2D eigenvalue weighted by molar-refractivity contribution is 7.98. The van der Waals surface area contributed by atoms with Crippen LogP contribution in [0.4, 0.5) is 11.5 Å². The van der Waals surface area contributed by atoms with Crippen LogP contribution in [0, 0.1) is 6.92 Å². The fourth-order valence-corrected chi connectivity index (χ4v) is 5.80. The predicted octanol–water partition coefficient (Wildman–Crippen LogP) is 4.97. The molecule has 194 valence electrons. The summed E-state index contributed by atoms with van der Waals surface area (Å²) in [7, 11) is 0. The third-order valence-electron chi connectivity index (χ3n) is 6.69. The van der Waals surface area contributed by atoms with Gasteiger partial charge in [0.25, 0.3) is 5.91 Å². The van der Waals surface area contributed by atoms with Gasteiger partial charge < -0.3 is 19.9 Å². The normalized spacial score (nSPS) is 17.7. The van der Waals surface area contributed by atoms with Gasteiger partial charge in [0.05, 0.1) is 16.8 Å². The number of rotatable bonds is 8. The lowest BCUT2D eigenvalue weighted by Crippen LogP contribution is -2.47. The number of para-hydroxylation sites is 1.